The van der Waals surface area contributed by atoms with Crippen molar-refractivity contribution in [2.45, 2.75) is 95.6 Å². The lowest BCUT2D eigenvalue weighted by atomic mass is 9.93. The second kappa shape index (κ2) is 10.5. The van der Waals surface area contributed by atoms with Crippen molar-refractivity contribution < 1.29 is 9.59 Å². The Bertz CT molecular complexity index is 590. The average molecular weight is 371 g/mol. The van der Waals surface area contributed by atoms with E-state index in [1.54, 1.807) is 4.90 Å². The predicted molar refractivity (Wildman–Crippen MR) is 109 cm³/mol. The lowest BCUT2D eigenvalue weighted by molar-refractivity contribution is -0.130. The molecule has 2 aliphatic carbocycles. The van der Waals surface area contributed by atoms with Gasteiger partial charge < -0.3 is 5.32 Å². The van der Waals surface area contributed by atoms with Crippen molar-refractivity contribution in [1.82, 2.24) is 10.2 Å². The van der Waals surface area contributed by atoms with Gasteiger partial charge in [-0.15, -0.1) is 0 Å². The maximum Gasteiger partial charge on any atom is 0.324 e. The molecular formula is C23H34N2O2. The van der Waals surface area contributed by atoms with Crippen LogP contribution in [-0.2, 0) is 11.2 Å². The molecule has 0 radical (unpaired) electrons. The van der Waals surface area contributed by atoms with Crippen molar-refractivity contribution in [3.63, 3.8) is 0 Å². The molecule has 4 heteroatoms. The molecule has 2 fully saturated rings. The van der Waals surface area contributed by atoms with Crippen LogP contribution in [0.25, 0.3) is 0 Å². The van der Waals surface area contributed by atoms with Crippen molar-refractivity contribution in [3.05, 3.63) is 35.9 Å². The van der Waals surface area contributed by atoms with E-state index in [2.05, 4.69) is 17.4 Å². The molecule has 4 nitrogen and oxygen atoms in total. The van der Waals surface area contributed by atoms with Crippen LogP contribution in [0, 0.1) is 0 Å². The van der Waals surface area contributed by atoms with Gasteiger partial charge in [0.2, 0.25) is 5.91 Å². The molecule has 1 aromatic carbocycles. The van der Waals surface area contributed by atoms with Gasteiger partial charge in [-0.1, -0.05) is 68.9 Å². The molecule has 0 atom stereocenters. The summed E-state index contributed by atoms with van der Waals surface area (Å²) in [4.78, 5) is 27.6. The third-order valence-electron chi connectivity index (χ3n) is 6.06. The van der Waals surface area contributed by atoms with E-state index in [0.29, 0.717) is 6.42 Å². The largest absolute Gasteiger partial charge is 0.335 e. The van der Waals surface area contributed by atoms with Gasteiger partial charge >= 0.3 is 6.03 Å². The van der Waals surface area contributed by atoms with Gasteiger partial charge in [-0.2, -0.15) is 0 Å². The number of nitrogens with one attached hydrogen (secondary N) is 1. The molecule has 148 valence electrons. The standard InChI is InChI=1S/C23H34N2O2/c26-22(18-10-13-19-11-4-1-5-12-19)25(21-16-8-3-9-17-21)23(27)24-20-14-6-2-7-15-20/h1,4-5,11-12,20-21H,2-3,6-10,13-18H2,(H,24,27). The van der Waals surface area contributed by atoms with Crippen LogP contribution in [0.5, 0.6) is 0 Å². The fraction of sp³-hybridized carbons (Fsp3) is 0.652. The Morgan fingerprint density at radius 2 is 1.52 bits per heavy atom. The summed E-state index contributed by atoms with van der Waals surface area (Å²) in [5.74, 6) is 0.00569. The minimum Gasteiger partial charge on any atom is -0.335 e. The van der Waals surface area contributed by atoms with E-state index in [9.17, 15) is 9.59 Å². The number of carbonyl (C=O) groups is 2. The maximum atomic E-state index is 13.0. The van der Waals surface area contributed by atoms with Crippen molar-refractivity contribution >= 4 is 11.9 Å². The number of benzene rings is 1. The molecule has 2 saturated carbocycles. The summed E-state index contributed by atoms with van der Waals surface area (Å²) in [6.07, 6.45) is 13.2. The highest BCUT2D eigenvalue weighted by Gasteiger charge is 2.31. The van der Waals surface area contributed by atoms with Crippen molar-refractivity contribution in [1.29, 1.82) is 0 Å². The van der Waals surface area contributed by atoms with E-state index in [-0.39, 0.29) is 24.0 Å². The van der Waals surface area contributed by atoms with Gasteiger partial charge in [-0.3, -0.25) is 9.69 Å². The number of aryl methyl sites for hydroxylation is 1. The Balaban J connectivity index is 1.57. The highest BCUT2D eigenvalue weighted by molar-refractivity contribution is 5.95. The molecule has 0 spiro atoms. The molecule has 3 amide bonds. The zero-order valence-corrected chi connectivity index (χ0v) is 16.5. The van der Waals surface area contributed by atoms with E-state index >= 15 is 0 Å². The number of carbonyl (C=O) groups excluding carboxylic acids is 2. The SMILES string of the molecule is O=C(CCCc1ccccc1)N(C(=O)NC1CCCCC1)C1CCCCC1. The summed E-state index contributed by atoms with van der Waals surface area (Å²) in [6.45, 7) is 0. The van der Waals surface area contributed by atoms with Gasteiger partial charge in [-0.25, -0.2) is 4.79 Å². The molecule has 0 unspecified atom stereocenters. The minimum atomic E-state index is -0.140. The summed E-state index contributed by atoms with van der Waals surface area (Å²) in [6, 6.07) is 10.5. The maximum absolute atomic E-state index is 13.0. The summed E-state index contributed by atoms with van der Waals surface area (Å²) in [7, 11) is 0. The first-order chi connectivity index (χ1) is 13.2. The van der Waals surface area contributed by atoms with E-state index in [1.165, 1.54) is 31.2 Å². The highest BCUT2D eigenvalue weighted by atomic mass is 16.2. The minimum absolute atomic E-state index is 0.00569. The Hall–Kier alpha value is -1.84. The number of hydrogen-bond acceptors (Lipinski definition) is 2. The number of nitrogens with zero attached hydrogens (tertiary/aromatic N) is 1. The molecule has 3 rings (SSSR count). The Kier molecular flexibility index (Phi) is 7.73. The van der Waals surface area contributed by atoms with Crippen LogP contribution in [0.15, 0.2) is 30.3 Å². The molecule has 0 bridgehead atoms. The number of imide groups is 1. The Morgan fingerprint density at radius 3 is 2.19 bits per heavy atom. The van der Waals surface area contributed by atoms with Gasteiger partial charge in [0, 0.05) is 18.5 Å². The zero-order chi connectivity index (χ0) is 18.9. The van der Waals surface area contributed by atoms with Crippen LogP contribution in [0.2, 0.25) is 0 Å². The van der Waals surface area contributed by atoms with Crippen molar-refractivity contribution in [2.24, 2.45) is 0 Å². The average Bonchev–Trinajstić information content (AvgIpc) is 2.70. The Labute approximate surface area is 163 Å². The quantitative estimate of drug-likeness (QED) is 0.747. The van der Waals surface area contributed by atoms with Gasteiger partial charge in [0.25, 0.3) is 0 Å². The number of amides is 3. The fourth-order valence-corrected chi connectivity index (χ4v) is 4.52. The number of hydrogen-bond donors (Lipinski definition) is 1. The second-order valence-electron chi connectivity index (χ2n) is 8.18. The van der Waals surface area contributed by atoms with Crippen molar-refractivity contribution in [2.75, 3.05) is 0 Å². The highest BCUT2D eigenvalue weighted by Crippen LogP contribution is 2.25. The monoisotopic (exact) mass is 370 g/mol. The van der Waals surface area contributed by atoms with Gasteiger partial charge in [0.15, 0.2) is 0 Å². The molecule has 2 aliphatic rings. The summed E-state index contributed by atoms with van der Waals surface area (Å²) in [5, 5.41) is 3.17. The van der Waals surface area contributed by atoms with Crippen LogP contribution in [-0.4, -0.2) is 28.9 Å². The second-order valence-corrected chi connectivity index (χ2v) is 8.18. The summed E-state index contributed by atoms with van der Waals surface area (Å²) >= 11 is 0. The summed E-state index contributed by atoms with van der Waals surface area (Å²) < 4.78 is 0. The lowest BCUT2D eigenvalue weighted by Crippen LogP contribution is -2.52. The first kappa shape index (κ1) is 19.9. The smallest absolute Gasteiger partial charge is 0.324 e. The molecule has 27 heavy (non-hydrogen) atoms. The normalized spacial score (nSPS) is 18.8. The molecule has 1 aromatic rings. The fourth-order valence-electron chi connectivity index (χ4n) is 4.52. The molecule has 0 heterocycles. The van der Waals surface area contributed by atoms with Gasteiger partial charge in [-0.05, 0) is 44.1 Å². The topological polar surface area (TPSA) is 49.4 Å². The van der Waals surface area contributed by atoms with E-state index in [4.69, 9.17) is 0 Å². The first-order valence-corrected chi connectivity index (χ1v) is 10.9. The first-order valence-electron chi connectivity index (χ1n) is 10.9. The van der Waals surface area contributed by atoms with Crippen LogP contribution < -0.4 is 5.32 Å². The van der Waals surface area contributed by atoms with E-state index < -0.39 is 0 Å². The Morgan fingerprint density at radius 1 is 0.889 bits per heavy atom. The summed E-state index contributed by atoms with van der Waals surface area (Å²) in [5.41, 5.74) is 1.25. The van der Waals surface area contributed by atoms with Crippen LogP contribution in [0.1, 0.15) is 82.6 Å². The number of urea groups is 1. The van der Waals surface area contributed by atoms with Gasteiger partial charge in [0.05, 0.1) is 0 Å². The predicted octanol–water partition coefficient (Wildman–Crippen LogP) is 5.21. The molecule has 0 aromatic heterocycles. The molecular weight excluding hydrogens is 336 g/mol. The van der Waals surface area contributed by atoms with Crippen LogP contribution in [0.3, 0.4) is 0 Å². The van der Waals surface area contributed by atoms with Crippen molar-refractivity contribution in [3.8, 4) is 0 Å². The van der Waals surface area contributed by atoms with E-state index in [1.807, 2.05) is 18.2 Å². The van der Waals surface area contributed by atoms with E-state index in [0.717, 1.165) is 51.4 Å². The lowest BCUT2D eigenvalue weighted by Gasteiger charge is -2.34. The van der Waals surface area contributed by atoms with Gasteiger partial charge in [0.1, 0.15) is 0 Å². The molecule has 0 saturated heterocycles. The van der Waals surface area contributed by atoms with Crippen LogP contribution in [0.4, 0.5) is 4.79 Å². The third-order valence-corrected chi connectivity index (χ3v) is 6.06. The number of rotatable bonds is 6. The molecule has 0 aliphatic heterocycles. The molecule has 1 N–H and O–H groups in total. The zero-order valence-electron chi connectivity index (χ0n) is 16.5. The van der Waals surface area contributed by atoms with Crippen LogP contribution >= 0.6 is 0 Å². The third kappa shape index (κ3) is 6.08.